The summed E-state index contributed by atoms with van der Waals surface area (Å²) in [7, 11) is 0. The van der Waals surface area contributed by atoms with Crippen molar-refractivity contribution < 1.29 is 14.3 Å². The first-order chi connectivity index (χ1) is 9.67. The molecule has 2 heterocycles. The van der Waals surface area contributed by atoms with Crippen molar-refractivity contribution in [2.75, 3.05) is 6.54 Å². The van der Waals surface area contributed by atoms with E-state index in [2.05, 4.69) is 0 Å². The third kappa shape index (κ3) is 2.28. The summed E-state index contributed by atoms with van der Waals surface area (Å²) in [6, 6.07) is 6.99. The molecular weight excluding hydrogens is 256 g/mol. The number of hydrogen-bond acceptors (Lipinski definition) is 4. The summed E-state index contributed by atoms with van der Waals surface area (Å²) >= 11 is 0. The number of nitrogens with two attached hydrogens (primary N) is 1. The highest BCUT2D eigenvalue weighted by Crippen LogP contribution is 2.24. The zero-order valence-corrected chi connectivity index (χ0v) is 11.0. The van der Waals surface area contributed by atoms with E-state index < -0.39 is 0 Å². The Kier molecular flexibility index (Phi) is 3.20. The number of carbonyl (C=O) groups excluding carboxylic acids is 1. The molecule has 2 aromatic rings. The van der Waals surface area contributed by atoms with Crippen LogP contribution in [-0.4, -0.2) is 22.5 Å². The normalized spacial score (nSPS) is 14.2. The smallest absolute Gasteiger partial charge is 0.257 e. The van der Waals surface area contributed by atoms with Gasteiger partial charge in [0.05, 0.1) is 12.1 Å². The van der Waals surface area contributed by atoms with E-state index in [1.165, 1.54) is 11.8 Å². The predicted molar refractivity (Wildman–Crippen MR) is 73.2 cm³/mol. The molecule has 0 aliphatic carbocycles. The van der Waals surface area contributed by atoms with Crippen LogP contribution in [0.25, 0.3) is 0 Å². The van der Waals surface area contributed by atoms with Crippen molar-refractivity contribution >= 4 is 5.91 Å². The molecule has 3 rings (SSSR count). The Balaban J connectivity index is 1.80. The number of phenolic OH excluding ortho intramolecular Hbond substituents is 1. The highest BCUT2D eigenvalue weighted by Gasteiger charge is 2.23. The Morgan fingerprint density at radius 1 is 1.35 bits per heavy atom. The van der Waals surface area contributed by atoms with Gasteiger partial charge in [0.25, 0.3) is 5.91 Å². The van der Waals surface area contributed by atoms with E-state index in [9.17, 15) is 9.90 Å². The van der Waals surface area contributed by atoms with E-state index in [1.807, 2.05) is 6.07 Å². The maximum absolute atomic E-state index is 12.4. The van der Waals surface area contributed by atoms with Crippen molar-refractivity contribution in [3.63, 3.8) is 0 Å². The Bertz CT molecular complexity index is 648. The summed E-state index contributed by atoms with van der Waals surface area (Å²) in [4.78, 5) is 14.1. The van der Waals surface area contributed by atoms with Crippen LogP contribution in [0.1, 0.15) is 27.2 Å². The quantitative estimate of drug-likeness (QED) is 0.871. The van der Waals surface area contributed by atoms with Gasteiger partial charge in [-0.15, -0.1) is 0 Å². The molecular formula is C15H16N2O3. The molecule has 1 aromatic carbocycles. The van der Waals surface area contributed by atoms with Crippen LogP contribution in [0.3, 0.4) is 0 Å². The zero-order valence-electron chi connectivity index (χ0n) is 11.0. The lowest BCUT2D eigenvalue weighted by Crippen LogP contribution is -2.35. The maximum atomic E-state index is 12.4. The fourth-order valence-electron chi connectivity index (χ4n) is 2.50. The largest absolute Gasteiger partial charge is 0.508 e. The molecule has 1 amide bonds. The molecule has 0 spiro atoms. The molecule has 20 heavy (non-hydrogen) atoms. The average molecular weight is 272 g/mol. The number of hydrogen-bond donors (Lipinski definition) is 2. The van der Waals surface area contributed by atoms with E-state index >= 15 is 0 Å². The molecule has 104 valence electrons. The Hall–Kier alpha value is -2.27. The van der Waals surface area contributed by atoms with Crippen LogP contribution >= 0.6 is 0 Å². The second kappa shape index (κ2) is 5.02. The second-order valence-electron chi connectivity index (χ2n) is 4.94. The first-order valence-corrected chi connectivity index (χ1v) is 6.55. The fourth-order valence-corrected chi connectivity index (χ4v) is 2.50. The SMILES string of the molecule is NCc1cc(C(=O)N2CCc3ccc(O)cc3C2)co1. The van der Waals surface area contributed by atoms with Crippen LogP contribution in [0.4, 0.5) is 0 Å². The highest BCUT2D eigenvalue weighted by atomic mass is 16.3. The molecule has 0 saturated heterocycles. The van der Waals surface area contributed by atoms with Gasteiger partial charge in [0.2, 0.25) is 0 Å². The molecule has 0 unspecified atom stereocenters. The van der Waals surface area contributed by atoms with Gasteiger partial charge >= 0.3 is 0 Å². The van der Waals surface area contributed by atoms with Crippen molar-refractivity contribution in [1.29, 1.82) is 0 Å². The molecule has 0 fully saturated rings. The lowest BCUT2D eigenvalue weighted by atomic mass is 9.99. The van der Waals surface area contributed by atoms with Crippen LogP contribution in [0, 0.1) is 0 Å². The van der Waals surface area contributed by atoms with Crippen LogP contribution in [0.5, 0.6) is 5.75 Å². The van der Waals surface area contributed by atoms with Crippen molar-refractivity contribution in [2.45, 2.75) is 19.5 Å². The number of phenols is 1. The molecule has 1 aromatic heterocycles. The van der Waals surface area contributed by atoms with Gasteiger partial charge in [-0.1, -0.05) is 6.07 Å². The first kappa shape index (κ1) is 12.7. The van der Waals surface area contributed by atoms with Gasteiger partial charge in [-0.05, 0) is 35.7 Å². The van der Waals surface area contributed by atoms with E-state index in [1.54, 1.807) is 23.1 Å². The Morgan fingerprint density at radius 2 is 2.20 bits per heavy atom. The average Bonchev–Trinajstić information content (AvgIpc) is 2.94. The number of aromatic hydroxyl groups is 1. The van der Waals surface area contributed by atoms with E-state index in [4.69, 9.17) is 10.2 Å². The highest BCUT2D eigenvalue weighted by molar-refractivity contribution is 5.94. The monoisotopic (exact) mass is 272 g/mol. The topological polar surface area (TPSA) is 79.7 Å². The number of amides is 1. The fraction of sp³-hybridized carbons (Fsp3) is 0.267. The maximum Gasteiger partial charge on any atom is 0.257 e. The van der Waals surface area contributed by atoms with E-state index in [0.717, 1.165) is 12.0 Å². The minimum atomic E-state index is -0.0672. The number of benzene rings is 1. The molecule has 0 atom stereocenters. The van der Waals surface area contributed by atoms with E-state index in [-0.39, 0.29) is 18.2 Å². The third-order valence-electron chi connectivity index (χ3n) is 3.59. The number of carbonyl (C=O) groups is 1. The summed E-state index contributed by atoms with van der Waals surface area (Å²) in [5.74, 6) is 0.762. The standard InChI is InChI=1S/C15H16N2O3/c16-7-14-6-12(9-20-14)15(19)17-4-3-10-1-2-13(18)5-11(10)8-17/h1-2,5-6,9,18H,3-4,7-8,16H2. The van der Waals surface area contributed by atoms with Gasteiger partial charge < -0.3 is 20.2 Å². The number of furan rings is 1. The van der Waals surface area contributed by atoms with Crippen molar-refractivity contribution in [2.24, 2.45) is 5.73 Å². The minimum Gasteiger partial charge on any atom is -0.508 e. The molecule has 5 heteroatoms. The Morgan fingerprint density at radius 3 is 2.95 bits per heavy atom. The lowest BCUT2D eigenvalue weighted by molar-refractivity contribution is 0.0733. The summed E-state index contributed by atoms with van der Waals surface area (Å²) < 4.78 is 5.20. The van der Waals surface area contributed by atoms with Crippen molar-refractivity contribution in [1.82, 2.24) is 4.90 Å². The van der Waals surface area contributed by atoms with Gasteiger partial charge in [-0.25, -0.2) is 0 Å². The van der Waals surface area contributed by atoms with Crippen LogP contribution in [0.2, 0.25) is 0 Å². The molecule has 0 bridgehead atoms. The van der Waals surface area contributed by atoms with Crippen molar-refractivity contribution in [3.8, 4) is 5.75 Å². The first-order valence-electron chi connectivity index (χ1n) is 6.55. The molecule has 3 N–H and O–H groups in total. The molecule has 0 radical (unpaired) electrons. The van der Waals surface area contributed by atoms with E-state index in [0.29, 0.717) is 24.4 Å². The molecule has 5 nitrogen and oxygen atoms in total. The molecule has 1 aliphatic heterocycles. The summed E-state index contributed by atoms with van der Waals surface area (Å²) in [5, 5.41) is 9.53. The lowest BCUT2D eigenvalue weighted by Gasteiger charge is -2.28. The Labute approximate surface area is 116 Å². The summed E-state index contributed by atoms with van der Waals surface area (Å²) in [6.45, 7) is 1.45. The van der Waals surface area contributed by atoms with Gasteiger partial charge in [0.1, 0.15) is 17.8 Å². The summed E-state index contributed by atoms with van der Waals surface area (Å²) in [5.41, 5.74) is 8.17. The predicted octanol–water partition coefficient (Wildman–Crippen LogP) is 1.64. The number of rotatable bonds is 2. The van der Waals surface area contributed by atoms with Gasteiger partial charge in [-0.3, -0.25) is 4.79 Å². The number of fused-ring (bicyclic) bond motifs is 1. The molecule has 0 saturated carbocycles. The van der Waals surface area contributed by atoms with Gasteiger partial charge in [0, 0.05) is 13.1 Å². The summed E-state index contributed by atoms with van der Waals surface area (Å²) in [6.07, 6.45) is 2.24. The van der Waals surface area contributed by atoms with Crippen LogP contribution in [0.15, 0.2) is 34.9 Å². The second-order valence-corrected chi connectivity index (χ2v) is 4.94. The van der Waals surface area contributed by atoms with Gasteiger partial charge in [0.15, 0.2) is 0 Å². The third-order valence-corrected chi connectivity index (χ3v) is 3.59. The van der Waals surface area contributed by atoms with Crippen LogP contribution < -0.4 is 5.73 Å². The van der Waals surface area contributed by atoms with Crippen molar-refractivity contribution in [3.05, 3.63) is 53.0 Å². The van der Waals surface area contributed by atoms with Crippen LogP contribution in [-0.2, 0) is 19.5 Å². The minimum absolute atomic E-state index is 0.0672. The van der Waals surface area contributed by atoms with Gasteiger partial charge in [-0.2, -0.15) is 0 Å². The zero-order chi connectivity index (χ0) is 14.1. The number of nitrogens with zero attached hydrogens (tertiary/aromatic N) is 1. The molecule has 1 aliphatic rings.